The van der Waals surface area contributed by atoms with E-state index in [1.54, 1.807) is 13.0 Å². The van der Waals surface area contributed by atoms with Crippen LogP contribution in [0, 0.1) is 51.8 Å². The molecule has 7 saturated carbocycles. The third-order valence-electron chi connectivity index (χ3n) is 13.5. The van der Waals surface area contributed by atoms with Crippen molar-refractivity contribution in [3.63, 3.8) is 0 Å². The van der Waals surface area contributed by atoms with Crippen molar-refractivity contribution in [2.24, 2.45) is 51.8 Å². The van der Waals surface area contributed by atoms with Crippen molar-refractivity contribution >= 4 is 17.5 Å². The highest BCUT2D eigenvalue weighted by Gasteiger charge is 2.75. The van der Waals surface area contributed by atoms with Crippen LogP contribution in [0.4, 0.5) is 4.39 Å². The van der Waals surface area contributed by atoms with Crippen LogP contribution in [-0.2, 0) is 19.1 Å². The van der Waals surface area contributed by atoms with Gasteiger partial charge in [-0.25, -0.2) is 4.39 Å². The molecule has 0 amide bonds. The molecule has 0 aliphatic heterocycles. The minimum absolute atomic E-state index is 0.0785. The molecule has 7 fully saturated rings. The molecule has 0 heterocycles. The fraction of sp³-hybridized carbons (Fsp3) is 0.788. The lowest BCUT2D eigenvalue weighted by molar-refractivity contribution is -0.220. The van der Waals surface area contributed by atoms with Gasteiger partial charge in [0.2, 0.25) is 5.78 Å². The van der Waals surface area contributed by atoms with Gasteiger partial charge in [0, 0.05) is 16.7 Å². The molecule has 0 aromatic carbocycles. The fourth-order valence-corrected chi connectivity index (χ4v) is 11.9. The van der Waals surface area contributed by atoms with E-state index in [0.29, 0.717) is 42.6 Å². The van der Waals surface area contributed by atoms with Crippen LogP contribution in [-0.4, -0.2) is 51.7 Å². The lowest BCUT2D eigenvalue weighted by atomic mass is 9.44. The molecule has 0 aromatic heterocycles. The van der Waals surface area contributed by atoms with Crippen LogP contribution >= 0.6 is 0 Å². The van der Waals surface area contributed by atoms with Gasteiger partial charge >= 0.3 is 5.97 Å². The summed E-state index contributed by atoms with van der Waals surface area (Å²) in [6.07, 6.45) is 10.5. The maximum Gasteiger partial charge on any atom is 0.312 e. The summed E-state index contributed by atoms with van der Waals surface area (Å²) >= 11 is 0. The molecule has 8 aliphatic carbocycles. The Bertz CT molecular complexity index is 1200. The van der Waals surface area contributed by atoms with E-state index in [4.69, 9.17) is 4.74 Å². The number of Topliss-reactive ketones (excluding diaryl/α,β-unsaturated/α-hetero) is 1. The number of rotatable bonds is 4. The van der Waals surface area contributed by atoms with Crippen LogP contribution in [0.25, 0.3) is 0 Å². The monoisotopic (exact) mass is 554 g/mol. The van der Waals surface area contributed by atoms with Gasteiger partial charge in [-0.15, -0.1) is 0 Å². The lowest BCUT2D eigenvalue weighted by Crippen LogP contribution is -2.69. The minimum atomic E-state index is -2.02. The minimum Gasteiger partial charge on any atom is -0.457 e. The van der Waals surface area contributed by atoms with Gasteiger partial charge in [-0.2, -0.15) is 0 Å². The Hall–Kier alpha value is -1.86. The van der Waals surface area contributed by atoms with Crippen molar-refractivity contribution < 1.29 is 33.7 Å². The molecule has 2 N–H and O–H groups in total. The zero-order valence-corrected chi connectivity index (χ0v) is 24.0. The average molecular weight is 555 g/mol. The average Bonchev–Trinajstić information content (AvgIpc) is 3.09. The number of ketones is 2. The smallest absolute Gasteiger partial charge is 0.312 e. The van der Waals surface area contributed by atoms with E-state index in [1.165, 1.54) is 31.4 Å². The summed E-state index contributed by atoms with van der Waals surface area (Å²) in [6.45, 7) is 4.92. The number of hydrogen-bond donors (Lipinski definition) is 2. The van der Waals surface area contributed by atoms with Crippen LogP contribution in [0.15, 0.2) is 23.8 Å². The second-order valence-electron chi connectivity index (χ2n) is 15.4. The molecule has 7 heteroatoms. The Morgan fingerprint density at radius 2 is 1.65 bits per heavy atom. The standard InChI is InChI=1S/C33H43FO6/c1-18-8-25-24-5-4-22-12-23(35)6-7-29(22,2)32(24,34)26(36)16-30(25,3)33(18,39)27(37)17-40-28(38)31-13-19-9-20(14-31)11-21(10-19)15-31/h6-7,12,18-21,24-26,36,39H,4-5,8-11,13-17H2,1-3H3/t18?,19?,20?,21?,24?,25?,26?,29?,30?,31?,32-,33-/m0/s1. The second kappa shape index (κ2) is 8.37. The van der Waals surface area contributed by atoms with Crippen LogP contribution < -0.4 is 0 Å². The number of halogens is 1. The molecule has 4 bridgehead atoms. The summed E-state index contributed by atoms with van der Waals surface area (Å²) in [5, 5.41) is 23.7. The topological polar surface area (TPSA) is 101 Å². The largest absolute Gasteiger partial charge is 0.457 e. The van der Waals surface area contributed by atoms with E-state index >= 15 is 4.39 Å². The van der Waals surface area contributed by atoms with Gasteiger partial charge in [-0.3, -0.25) is 14.4 Å². The molecule has 218 valence electrons. The SMILES string of the molecule is CC1CC2C3CCC4=CC(=O)C=CC4(C)[C@@]3(F)C(O)CC2(C)[C@@]1(O)C(=O)COC(=O)C12CC3CC(CC(C3)C1)C2. The van der Waals surface area contributed by atoms with Crippen LogP contribution in [0.1, 0.15) is 85.0 Å². The van der Waals surface area contributed by atoms with Crippen molar-refractivity contribution in [1.82, 2.24) is 0 Å². The zero-order chi connectivity index (χ0) is 28.5. The molecule has 0 aromatic rings. The number of aliphatic hydroxyl groups is 2. The quantitative estimate of drug-likeness (QED) is 0.490. The zero-order valence-electron chi connectivity index (χ0n) is 24.0. The number of carbonyl (C=O) groups excluding carboxylic acids is 3. The van der Waals surface area contributed by atoms with Crippen molar-refractivity contribution in [1.29, 1.82) is 0 Å². The van der Waals surface area contributed by atoms with Crippen molar-refractivity contribution in [3.8, 4) is 0 Å². The molecular formula is C33H43FO6. The van der Waals surface area contributed by atoms with E-state index < -0.39 is 57.8 Å². The summed E-state index contributed by atoms with van der Waals surface area (Å²) in [7, 11) is 0. The first-order valence-electron chi connectivity index (χ1n) is 15.5. The van der Waals surface area contributed by atoms with E-state index in [-0.39, 0.29) is 24.1 Å². The predicted octanol–water partition coefficient (Wildman–Crippen LogP) is 4.66. The molecule has 0 spiro atoms. The van der Waals surface area contributed by atoms with Gasteiger partial charge in [0.25, 0.3) is 0 Å². The van der Waals surface area contributed by atoms with Crippen molar-refractivity contribution in [3.05, 3.63) is 23.8 Å². The molecular weight excluding hydrogens is 511 g/mol. The van der Waals surface area contributed by atoms with Gasteiger partial charge in [0.1, 0.15) is 5.60 Å². The van der Waals surface area contributed by atoms with E-state index in [1.807, 2.05) is 13.8 Å². The highest BCUT2D eigenvalue weighted by Crippen LogP contribution is 2.70. The summed E-state index contributed by atoms with van der Waals surface area (Å²) in [5.74, 6) is -0.674. The fourth-order valence-electron chi connectivity index (χ4n) is 11.9. The summed E-state index contributed by atoms with van der Waals surface area (Å²) in [5.41, 5.74) is -5.82. The lowest BCUT2D eigenvalue weighted by Gasteiger charge is -2.62. The molecule has 8 rings (SSSR count). The van der Waals surface area contributed by atoms with Crippen LogP contribution in [0.5, 0.6) is 0 Å². The molecule has 0 saturated heterocycles. The van der Waals surface area contributed by atoms with Gasteiger partial charge in [0.05, 0.1) is 11.5 Å². The molecule has 8 aliphatic rings. The highest BCUT2D eigenvalue weighted by atomic mass is 19.1. The third kappa shape index (κ3) is 3.20. The first-order chi connectivity index (χ1) is 18.8. The van der Waals surface area contributed by atoms with Crippen molar-refractivity contribution in [2.75, 3.05) is 6.61 Å². The van der Waals surface area contributed by atoms with Crippen LogP contribution in [0.2, 0.25) is 0 Å². The predicted molar refractivity (Wildman–Crippen MR) is 144 cm³/mol. The molecule has 0 radical (unpaired) electrons. The number of alkyl halides is 1. The van der Waals surface area contributed by atoms with Gasteiger partial charge in [-0.1, -0.05) is 25.5 Å². The highest BCUT2D eigenvalue weighted by molar-refractivity contribution is 6.01. The summed E-state index contributed by atoms with van der Waals surface area (Å²) in [6, 6.07) is 0. The molecule has 6 nitrogen and oxygen atoms in total. The van der Waals surface area contributed by atoms with E-state index in [9.17, 15) is 24.6 Å². The normalized spacial score (nSPS) is 53.9. The van der Waals surface area contributed by atoms with Crippen molar-refractivity contribution in [2.45, 2.75) is 102 Å². The maximum atomic E-state index is 17.4. The number of aliphatic hydroxyl groups excluding tert-OH is 1. The van der Waals surface area contributed by atoms with Crippen LogP contribution in [0.3, 0.4) is 0 Å². The second-order valence-corrected chi connectivity index (χ2v) is 15.4. The number of esters is 1. The third-order valence-corrected chi connectivity index (χ3v) is 13.5. The molecule has 6 unspecified atom stereocenters. The van der Waals surface area contributed by atoms with Gasteiger partial charge < -0.3 is 14.9 Å². The summed E-state index contributed by atoms with van der Waals surface area (Å²) < 4.78 is 23.1. The Balaban J connectivity index is 1.14. The van der Waals surface area contributed by atoms with Gasteiger partial charge in [-0.05, 0) is 113 Å². The Morgan fingerprint density at radius 3 is 2.27 bits per heavy atom. The van der Waals surface area contributed by atoms with E-state index in [2.05, 4.69) is 0 Å². The Labute approximate surface area is 235 Å². The first kappa shape index (κ1) is 27.0. The Morgan fingerprint density at radius 1 is 1.02 bits per heavy atom. The molecule has 40 heavy (non-hydrogen) atoms. The maximum absolute atomic E-state index is 17.4. The van der Waals surface area contributed by atoms with E-state index in [0.717, 1.165) is 19.3 Å². The summed E-state index contributed by atoms with van der Waals surface area (Å²) in [4.78, 5) is 39.4. The molecule has 8 atom stereocenters. The number of allylic oxidation sites excluding steroid dienone is 4. The number of fused-ring (bicyclic) bond motifs is 5. The number of hydrogen-bond acceptors (Lipinski definition) is 6. The Kier molecular flexibility index (Phi) is 5.65. The van der Waals surface area contributed by atoms with Gasteiger partial charge in [0.15, 0.2) is 18.1 Å². The first-order valence-corrected chi connectivity index (χ1v) is 15.5. The number of ether oxygens (including phenoxy) is 1. The number of carbonyl (C=O) groups is 3.